The molecule has 1 aromatic rings. The van der Waals surface area contributed by atoms with Crippen molar-refractivity contribution in [3.05, 3.63) is 29.6 Å². The van der Waals surface area contributed by atoms with Gasteiger partial charge in [-0.05, 0) is 49.8 Å². The summed E-state index contributed by atoms with van der Waals surface area (Å²) in [6, 6.07) is 4.13. The fraction of sp³-hybridized carbons (Fsp3) is 0.571. The van der Waals surface area contributed by atoms with Crippen LogP contribution in [0.5, 0.6) is 0 Å². The zero-order chi connectivity index (χ0) is 12.4. The Kier molecular flexibility index (Phi) is 6.72. The van der Waals surface area contributed by atoms with Gasteiger partial charge in [-0.3, -0.25) is 9.78 Å². The summed E-state index contributed by atoms with van der Waals surface area (Å²) >= 11 is 0. The molecule has 1 aliphatic heterocycles. The van der Waals surface area contributed by atoms with Crippen LogP contribution < -0.4 is 10.6 Å². The molecule has 20 heavy (non-hydrogen) atoms. The molecule has 1 amide bonds. The molecular formula is C14H21Cl2N3O. The molecule has 1 aromatic heterocycles. The van der Waals surface area contributed by atoms with Crippen LogP contribution in [0.1, 0.15) is 47.7 Å². The standard InChI is InChI=1S/C14H19N3O.2ClH/c18-14(17-12-2-1-7-15-9-12)13-6-5-11(8-16-13)10-3-4-10;;/h5-6,8,10,12,15H,1-4,7,9H2,(H,17,18);2*1H/t12-;;/m0../s1. The highest BCUT2D eigenvalue weighted by Gasteiger charge is 2.24. The van der Waals surface area contributed by atoms with Crippen molar-refractivity contribution in [2.24, 2.45) is 0 Å². The molecule has 0 bridgehead atoms. The Balaban J connectivity index is 0.000001000. The van der Waals surface area contributed by atoms with Crippen molar-refractivity contribution in [1.82, 2.24) is 15.6 Å². The van der Waals surface area contributed by atoms with Crippen LogP contribution in [-0.2, 0) is 0 Å². The zero-order valence-corrected chi connectivity index (χ0v) is 12.9. The summed E-state index contributed by atoms with van der Waals surface area (Å²) in [5, 5.41) is 6.32. The maximum atomic E-state index is 12.0. The predicted octanol–water partition coefficient (Wildman–Crippen LogP) is 2.28. The van der Waals surface area contributed by atoms with Crippen LogP contribution in [0.25, 0.3) is 0 Å². The van der Waals surface area contributed by atoms with Crippen LogP contribution in [0.3, 0.4) is 0 Å². The monoisotopic (exact) mass is 317 g/mol. The fourth-order valence-electron chi connectivity index (χ4n) is 2.43. The summed E-state index contributed by atoms with van der Waals surface area (Å²) in [5.74, 6) is 0.642. The number of aromatic nitrogens is 1. The summed E-state index contributed by atoms with van der Waals surface area (Å²) in [5.41, 5.74) is 1.80. The molecule has 2 fully saturated rings. The normalized spacial score (nSPS) is 21.3. The molecule has 3 rings (SSSR count). The first-order valence-corrected chi connectivity index (χ1v) is 6.80. The van der Waals surface area contributed by atoms with E-state index in [9.17, 15) is 4.79 Å². The number of carbonyl (C=O) groups excluding carboxylic acids is 1. The van der Waals surface area contributed by atoms with E-state index in [4.69, 9.17) is 0 Å². The maximum absolute atomic E-state index is 12.0. The number of hydrogen-bond acceptors (Lipinski definition) is 3. The van der Waals surface area contributed by atoms with Gasteiger partial charge >= 0.3 is 0 Å². The molecule has 0 spiro atoms. The number of pyridine rings is 1. The molecule has 0 aromatic carbocycles. The lowest BCUT2D eigenvalue weighted by molar-refractivity contribution is 0.0925. The van der Waals surface area contributed by atoms with Gasteiger partial charge in [0.05, 0.1) is 0 Å². The van der Waals surface area contributed by atoms with E-state index < -0.39 is 0 Å². The topological polar surface area (TPSA) is 54.0 Å². The van der Waals surface area contributed by atoms with Crippen LogP contribution in [0, 0.1) is 0 Å². The van der Waals surface area contributed by atoms with E-state index >= 15 is 0 Å². The van der Waals surface area contributed by atoms with Crippen molar-refractivity contribution in [3.63, 3.8) is 0 Å². The second-order valence-electron chi connectivity index (χ2n) is 5.27. The van der Waals surface area contributed by atoms with Crippen molar-refractivity contribution in [3.8, 4) is 0 Å². The average molecular weight is 318 g/mol. The van der Waals surface area contributed by atoms with Crippen LogP contribution in [0.2, 0.25) is 0 Å². The second kappa shape index (κ2) is 7.81. The number of carbonyl (C=O) groups is 1. The summed E-state index contributed by atoms with van der Waals surface area (Å²) in [6.07, 6.45) is 6.56. The van der Waals surface area contributed by atoms with E-state index in [0.717, 1.165) is 25.9 Å². The molecule has 6 heteroatoms. The third kappa shape index (κ3) is 4.33. The van der Waals surface area contributed by atoms with Gasteiger partial charge < -0.3 is 10.6 Å². The maximum Gasteiger partial charge on any atom is 0.270 e. The van der Waals surface area contributed by atoms with Crippen LogP contribution in [0.4, 0.5) is 0 Å². The Morgan fingerprint density at radius 2 is 2.05 bits per heavy atom. The third-order valence-corrected chi connectivity index (χ3v) is 3.70. The van der Waals surface area contributed by atoms with Crippen molar-refractivity contribution in [2.75, 3.05) is 13.1 Å². The molecule has 1 saturated heterocycles. The highest BCUT2D eigenvalue weighted by molar-refractivity contribution is 5.92. The van der Waals surface area contributed by atoms with E-state index in [1.807, 2.05) is 18.3 Å². The molecule has 2 N–H and O–H groups in total. The molecule has 1 saturated carbocycles. The average Bonchev–Trinajstić information content (AvgIpc) is 3.24. The van der Waals surface area contributed by atoms with Crippen molar-refractivity contribution in [1.29, 1.82) is 0 Å². The Morgan fingerprint density at radius 3 is 2.60 bits per heavy atom. The highest BCUT2D eigenvalue weighted by Crippen LogP contribution is 2.39. The lowest BCUT2D eigenvalue weighted by Gasteiger charge is -2.23. The van der Waals surface area contributed by atoms with Crippen molar-refractivity contribution < 1.29 is 4.79 Å². The zero-order valence-electron chi connectivity index (χ0n) is 11.3. The van der Waals surface area contributed by atoms with Gasteiger partial charge in [0, 0.05) is 18.8 Å². The van der Waals surface area contributed by atoms with Crippen LogP contribution in [-0.4, -0.2) is 30.0 Å². The first-order chi connectivity index (χ1) is 8.83. The molecule has 2 aliphatic rings. The van der Waals surface area contributed by atoms with Gasteiger partial charge in [-0.25, -0.2) is 0 Å². The van der Waals surface area contributed by atoms with E-state index in [2.05, 4.69) is 15.6 Å². The number of hydrogen-bond donors (Lipinski definition) is 2. The van der Waals surface area contributed by atoms with E-state index in [0.29, 0.717) is 11.6 Å². The number of rotatable bonds is 3. The molecule has 1 aliphatic carbocycles. The van der Waals surface area contributed by atoms with Crippen molar-refractivity contribution in [2.45, 2.75) is 37.6 Å². The SMILES string of the molecule is Cl.Cl.O=C(N[C@H]1CCCNC1)c1ccc(C2CC2)cn1. The second-order valence-corrected chi connectivity index (χ2v) is 5.27. The molecule has 4 nitrogen and oxygen atoms in total. The minimum absolute atomic E-state index is 0. The quantitative estimate of drug-likeness (QED) is 0.899. The summed E-state index contributed by atoms with van der Waals surface area (Å²) in [6.45, 7) is 1.92. The summed E-state index contributed by atoms with van der Waals surface area (Å²) in [7, 11) is 0. The van der Waals surface area contributed by atoms with Gasteiger partial charge in [0.25, 0.3) is 5.91 Å². The molecular weight excluding hydrogens is 297 g/mol. The molecule has 2 heterocycles. The van der Waals surface area contributed by atoms with Gasteiger partial charge in [-0.15, -0.1) is 24.8 Å². The van der Waals surface area contributed by atoms with E-state index in [1.54, 1.807) is 0 Å². The molecule has 112 valence electrons. The Morgan fingerprint density at radius 1 is 1.25 bits per heavy atom. The molecule has 0 unspecified atom stereocenters. The largest absolute Gasteiger partial charge is 0.347 e. The third-order valence-electron chi connectivity index (χ3n) is 3.70. The highest BCUT2D eigenvalue weighted by atomic mass is 35.5. The number of nitrogens with zero attached hydrogens (tertiary/aromatic N) is 1. The van der Waals surface area contributed by atoms with Gasteiger partial charge in [-0.1, -0.05) is 6.07 Å². The lowest BCUT2D eigenvalue weighted by atomic mass is 10.1. The first-order valence-electron chi connectivity index (χ1n) is 6.80. The lowest BCUT2D eigenvalue weighted by Crippen LogP contribution is -2.45. The van der Waals surface area contributed by atoms with Gasteiger partial charge in [-0.2, -0.15) is 0 Å². The number of piperidine rings is 1. The van der Waals surface area contributed by atoms with Crippen LogP contribution >= 0.6 is 24.8 Å². The number of amides is 1. The van der Waals surface area contributed by atoms with E-state index in [-0.39, 0.29) is 36.8 Å². The molecule has 0 radical (unpaired) electrons. The fourth-order valence-corrected chi connectivity index (χ4v) is 2.43. The smallest absolute Gasteiger partial charge is 0.270 e. The van der Waals surface area contributed by atoms with Gasteiger partial charge in [0.2, 0.25) is 0 Å². The minimum atomic E-state index is -0.0500. The minimum Gasteiger partial charge on any atom is -0.347 e. The Labute approximate surface area is 131 Å². The summed E-state index contributed by atoms with van der Waals surface area (Å²) < 4.78 is 0. The molecule has 1 atom stereocenters. The van der Waals surface area contributed by atoms with Gasteiger partial charge in [0.15, 0.2) is 0 Å². The van der Waals surface area contributed by atoms with Crippen LogP contribution in [0.15, 0.2) is 18.3 Å². The predicted molar refractivity (Wildman–Crippen MR) is 84.1 cm³/mol. The van der Waals surface area contributed by atoms with E-state index in [1.165, 1.54) is 18.4 Å². The van der Waals surface area contributed by atoms with Gasteiger partial charge in [0.1, 0.15) is 5.69 Å². The first kappa shape index (κ1) is 17.2. The Bertz CT molecular complexity index is 429. The number of halogens is 2. The number of nitrogens with one attached hydrogen (secondary N) is 2. The van der Waals surface area contributed by atoms with Crippen molar-refractivity contribution >= 4 is 30.7 Å². The summed E-state index contributed by atoms with van der Waals surface area (Å²) in [4.78, 5) is 16.3. The Hall–Kier alpha value is -0.840.